The summed E-state index contributed by atoms with van der Waals surface area (Å²) in [6.45, 7) is 7.23. The van der Waals surface area contributed by atoms with Crippen LogP contribution in [0.15, 0.2) is 60.7 Å². The molecule has 36 heavy (non-hydrogen) atoms. The fourth-order valence-electron chi connectivity index (χ4n) is 4.44. The number of halogens is 1. The molecule has 0 aliphatic heterocycles. The second kappa shape index (κ2) is 8.96. The van der Waals surface area contributed by atoms with Gasteiger partial charge in [0.1, 0.15) is 32.8 Å². The van der Waals surface area contributed by atoms with Crippen LogP contribution in [0.5, 0.6) is 0 Å². The van der Waals surface area contributed by atoms with Crippen LogP contribution in [-0.4, -0.2) is 34.6 Å². The molecule has 0 bridgehead atoms. The summed E-state index contributed by atoms with van der Waals surface area (Å²) in [4.78, 5) is 24.6. The fraction of sp³-hybridized carbons (Fsp3) is 0.345. The Balaban J connectivity index is 1.40. The van der Waals surface area contributed by atoms with Gasteiger partial charge in [-0.2, -0.15) is 0 Å². The molecule has 4 aromatic rings. The van der Waals surface area contributed by atoms with E-state index in [1.165, 1.54) is 23.0 Å². The number of ether oxygens (including phenoxy) is 1. The Morgan fingerprint density at radius 2 is 1.81 bits per heavy atom. The van der Waals surface area contributed by atoms with Crippen LogP contribution in [-0.2, 0) is 14.9 Å². The molecule has 2 heterocycles. The van der Waals surface area contributed by atoms with E-state index in [9.17, 15) is 4.79 Å². The van der Waals surface area contributed by atoms with Crippen LogP contribution >= 0.6 is 11.3 Å². The number of carbonyl (C=O) groups excluding carboxylic acids is 1. The molecule has 5 rings (SSSR count). The van der Waals surface area contributed by atoms with E-state index >= 15 is 4.39 Å². The SMILES string of the molecule is C[C@@H](C(=O)OC(C)(C)C)N(C)c1ccc(-c2nc3ccc(C4(c5ccccc5)CC4)nc3s2)c(F)c1. The number of hydrogen-bond acceptors (Lipinski definition) is 6. The summed E-state index contributed by atoms with van der Waals surface area (Å²) >= 11 is 1.40. The Morgan fingerprint density at radius 3 is 2.44 bits per heavy atom. The highest BCUT2D eigenvalue weighted by Crippen LogP contribution is 2.53. The Hall–Kier alpha value is -3.32. The van der Waals surface area contributed by atoms with Gasteiger partial charge in [-0.3, -0.25) is 0 Å². The van der Waals surface area contributed by atoms with Crippen molar-refractivity contribution in [1.82, 2.24) is 9.97 Å². The number of carbonyl (C=O) groups is 1. The first-order valence-corrected chi connectivity index (χ1v) is 13.0. The van der Waals surface area contributed by atoms with Gasteiger partial charge >= 0.3 is 5.97 Å². The van der Waals surface area contributed by atoms with Crippen LogP contribution in [0.25, 0.3) is 20.9 Å². The monoisotopic (exact) mass is 503 g/mol. The van der Waals surface area contributed by atoms with Crippen molar-refractivity contribution in [3.05, 3.63) is 77.7 Å². The van der Waals surface area contributed by atoms with E-state index in [2.05, 4.69) is 35.3 Å². The Labute approximate surface area is 215 Å². The summed E-state index contributed by atoms with van der Waals surface area (Å²) in [5, 5.41) is 0.589. The molecule has 1 aliphatic carbocycles. The van der Waals surface area contributed by atoms with Crippen LogP contribution in [0.3, 0.4) is 0 Å². The predicted octanol–water partition coefficient (Wildman–Crippen LogP) is 6.74. The molecule has 7 heteroatoms. The van der Waals surface area contributed by atoms with E-state index < -0.39 is 17.5 Å². The summed E-state index contributed by atoms with van der Waals surface area (Å²) in [6.07, 6.45) is 2.15. The van der Waals surface area contributed by atoms with Gasteiger partial charge in [-0.05, 0) is 76.4 Å². The smallest absolute Gasteiger partial charge is 0.328 e. The van der Waals surface area contributed by atoms with Gasteiger partial charge in [-0.25, -0.2) is 19.2 Å². The van der Waals surface area contributed by atoms with Gasteiger partial charge in [0.2, 0.25) is 0 Å². The third-order valence-electron chi connectivity index (χ3n) is 6.74. The second-order valence-electron chi connectivity index (χ2n) is 10.5. The van der Waals surface area contributed by atoms with Gasteiger partial charge in [0.25, 0.3) is 0 Å². The molecule has 1 fully saturated rings. The number of thiazole rings is 1. The molecular weight excluding hydrogens is 473 g/mol. The zero-order chi connectivity index (χ0) is 25.7. The predicted molar refractivity (Wildman–Crippen MR) is 143 cm³/mol. The average Bonchev–Trinajstić information content (AvgIpc) is 3.55. The lowest BCUT2D eigenvalue weighted by Gasteiger charge is -2.29. The molecule has 2 aromatic heterocycles. The maximum Gasteiger partial charge on any atom is 0.328 e. The molecule has 0 amide bonds. The third-order valence-corrected chi connectivity index (χ3v) is 7.74. The maximum absolute atomic E-state index is 15.3. The number of benzene rings is 2. The second-order valence-corrected chi connectivity index (χ2v) is 11.4. The van der Waals surface area contributed by atoms with Crippen LogP contribution in [0.4, 0.5) is 10.1 Å². The summed E-state index contributed by atoms with van der Waals surface area (Å²) in [5.41, 5.74) is 3.50. The first kappa shape index (κ1) is 24.4. The molecule has 186 valence electrons. The van der Waals surface area contributed by atoms with Crippen molar-refractivity contribution < 1.29 is 13.9 Å². The van der Waals surface area contributed by atoms with Gasteiger partial charge in [-0.1, -0.05) is 41.7 Å². The van der Waals surface area contributed by atoms with Gasteiger partial charge in [0.05, 0.1) is 5.69 Å². The highest BCUT2D eigenvalue weighted by atomic mass is 32.1. The number of esters is 1. The largest absolute Gasteiger partial charge is 0.458 e. The van der Waals surface area contributed by atoms with E-state index in [1.54, 1.807) is 31.0 Å². The minimum Gasteiger partial charge on any atom is -0.458 e. The molecule has 0 saturated heterocycles. The Bertz CT molecular complexity index is 1420. The van der Waals surface area contributed by atoms with Crippen molar-refractivity contribution in [1.29, 1.82) is 0 Å². The first-order chi connectivity index (χ1) is 17.1. The normalized spacial score (nSPS) is 15.5. The molecule has 1 aliphatic rings. The quantitative estimate of drug-likeness (QED) is 0.273. The topological polar surface area (TPSA) is 55.3 Å². The van der Waals surface area contributed by atoms with E-state index in [4.69, 9.17) is 9.72 Å². The van der Waals surface area contributed by atoms with Crippen molar-refractivity contribution in [2.45, 2.75) is 57.6 Å². The highest BCUT2D eigenvalue weighted by Gasteiger charge is 2.47. The van der Waals surface area contributed by atoms with E-state index in [1.807, 2.05) is 32.9 Å². The highest BCUT2D eigenvalue weighted by molar-refractivity contribution is 7.21. The molecule has 1 saturated carbocycles. The Morgan fingerprint density at radius 1 is 1.08 bits per heavy atom. The van der Waals surface area contributed by atoms with Crippen molar-refractivity contribution in [3.63, 3.8) is 0 Å². The number of aromatic nitrogens is 2. The number of hydrogen-bond donors (Lipinski definition) is 0. The standard InChI is InChI=1S/C29H30FN3O2S/c1-18(27(34)35-28(2,3)4)33(5)20-11-12-21(22(30)17-20)25-31-23-13-14-24(32-26(23)36-25)29(15-16-29)19-9-7-6-8-10-19/h6-14,17-18H,15-16H2,1-5H3/t18-/m0/s1. The number of rotatable bonds is 6. The molecule has 2 aromatic carbocycles. The molecule has 1 atom stereocenters. The van der Waals surface area contributed by atoms with E-state index in [-0.39, 0.29) is 11.4 Å². The number of nitrogens with zero attached hydrogens (tertiary/aromatic N) is 3. The van der Waals surface area contributed by atoms with Crippen LogP contribution in [0.2, 0.25) is 0 Å². The number of pyridine rings is 1. The summed E-state index contributed by atoms with van der Waals surface area (Å²) in [7, 11) is 1.76. The Kier molecular flexibility index (Phi) is 6.07. The fourth-order valence-corrected chi connectivity index (χ4v) is 5.40. The first-order valence-electron chi connectivity index (χ1n) is 12.2. The van der Waals surface area contributed by atoms with Gasteiger partial charge in [0.15, 0.2) is 0 Å². The average molecular weight is 504 g/mol. The lowest BCUT2D eigenvalue weighted by molar-refractivity contribution is -0.156. The summed E-state index contributed by atoms with van der Waals surface area (Å²) < 4.78 is 20.7. The van der Waals surface area contributed by atoms with Crippen LogP contribution < -0.4 is 4.90 Å². The van der Waals surface area contributed by atoms with Crippen molar-refractivity contribution in [3.8, 4) is 10.6 Å². The van der Waals surface area contributed by atoms with Crippen molar-refractivity contribution >= 4 is 33.3 Å². The van der Waals surface area contributed by atoms with Crippen LogP contribution in [0.1, 0.15) is 51.8 Å². The lowest BCUT2D eigenvalue weighted by atomic mass is 9.92. The minimum absolute atomic E-state index is 0.0259. The summed E-state index contributed by atoms with van der Waals surface area (Å²) in [5.74, 6) is -0.746. The van der Waals surface area contributed by atoms with Crippen molar-refractivity contribution in [2.24, 2.45) is 0 Å². The summed E-state index contributed by atoms with van der Waals surface area (Å²) in [6, 6.07) is 18.9. The molecule has 0 unspecified atom stereocenters. The van der Waals surface area contributed by atoms with E-state index in [0.717, 1.165) is 28.9 Å². The molecule has 0 spiro atoms. The zero-order valence-electron chi connectivity index (χ0n) is 21.2. The molecule has 0 radical (unpaired) electrons. The molecule has 0 N–H and O–H groups in total. The lowest BCUT2D eigenvalue weighted by Crippen LogP contribution is -2.40. The number of anilines is 1. The maximum atomic E-state index is 15.3. The van der Waals surface area contributed by atoms with E-state index in [0.29, 0.717) is 16.3 Å². The molecular formula is C29H30FN3O2S. The van der Waals surface area contributed by atoms with Gasteiger partial charge in [0, 0.05) is 23.7 Å². The third kappa shape index (κ3) is 4.60. The van der Waals surface area contributed by atoms with Crippen LogP contribution in [0, 0.1) is 5.82 Å². The molecule has 5 nitrogen and oxygen atoms in total. The zero-order valence-corrected chi connectivity index (χ0v) is 22.0. The number of likely N-dealkylation sites (N-methyl/N-ethyl adjacent to an activating group) is 1. The number of fused-ring (bicyclic) bond motifs is 1. The van der Waals surface area contributed by atoms with Gasteiger partial charge < -0.3 is 9.64 Å². The minimum atomic E-state index is -0.581. The van der Waals surface area contributed by atoms with Crippen molar-refractivity contribution in [2.75, 3.05) is 11.9 Å². The van der Waals surface area contributed by atoms with Gasteiger partial charge in [-0.15, -0.1) is 0 Å².